The topological polar surface area (TPSA) is 42.1 Å². The number of nitrogens with one attached hydrogen (secondary N) is 2. The Morgan fingerprint density at radius 3 is 2.21 bits per heavy atom. The maximum Gasteiger partial charge on any atom is 0.145 e. The van der Waals surface area contributed by atoms with E-state index in [2.05, 4.69) is 130 Å². The van der Waals surface area contributed by atoms with Gasteiger partial charge < -0.3 is 19.6 Å². The standard InChI is InChI=1S/C35H29N3O/c1-36-29(24-12-4-2-5-13-24)22-30(25-14-6-3-7-15-25)37-23-38-31-18-10-8-17-28(31)34-32(38)21-20-27-26-16-9-11-19-33(26)39-35(27)34/h2-22,29,36-37H,23H2,1H3/b30-22-. The van der Waals surface area contributed by atoms with Crippen LogP contribution < -0.4 is 10.6 Å². The van der Waals surface area contributed by atoms with Crippen molar-refractivity contribution >= 4 is 49.4 Å². The minimum Gasteiger partial charge on any atom is -0.455 e. The van der Waals surface area contributed by atoms with E-state index in [-0.39, 0.29) is 6.04 Å². The summed E-state index contributed by atoms with van der Waals surface area (Å²) < 4.78 is 8.80. The fourth-order valence-electron chi connectivity index (χ4n) is 5.70. The summed E-state index contributed by atoms with van der Waals surface area (Å²) in [4.78, 5) is 0. The molecule has 0 fully saturated rings. The van der Waals surface area contributed by atoms with Gasteiger partial charge in [0.2, 0.25) is 0 Å². The SMILES string of the molecule is CNC(/C=C(\NCn1c2ccccc2c2c3oc4ccccc4c3ccc21)c1ccccc1)c1ccccc1. The Kier molecular flexibility index (Phi) is 5.87. The average molecular weight is 508 g/mol. The normalized spacial score (nSPS) is 13.0. The molecule has 0 aliphatic heterocycles. The summed E-state index contributed by atoms with van der Waals surface area (Å²) in [5, 5.41) is 11.9. The van der Waals surface area contributed by atoms with Gasteiger partial charge in [0, 0.05) is 21.9 Å². The molecule has 2 N–H and O–H groups in total. The molecule has 2 heterocycles. The van der Waals surface area contributed by atoms with Gasteiger partial charge in [-0.15, -0.1) is 0 Å². The van der Waals surface area contributed by atoms with Crippen molar-refractivity contribution in [3.63, 3.8) is 0 Å². The van der Waals surface area contributed by atoms with Crippen LogP contribution in [-0.4, -0.2) is 11.6 Å². The van der Waals surface area contributed by atoms with Crippen LogP contribution in [0.3, 0.4) is 0 Å². The molecular formula is C35H29N3O. The fraction of sp³-hybridized carbons (Fsp3) is 0.0857. The molecule has 0 amide bonds. The molecule has 0 aliphatic carbocycles. The van der Waals surface area contributed by atoms with E-state index in [4.69, 9.17) is 4.42 Å². The number of furan rings is 1. The third kappa shape index (κ3) is 4.06. The first-order valence-corrected chi connectivity index (χ1v) is 13.4. The quantitative estimate of drug-likeness (QED) is 0.228. The first kappa shape index (κ1) is 23.3. The van der Waals surface area contributed by atoms with Crippen molar-refractivity contribution in [2.45, 2.75) is 12.7 Å². The Bertz CT molecular complexity index is 1950. The molecule has 190 valence electrons. The van der Waals surface area contributed by atoms with Crippen LogP contribution in [0.5, 0.6) is 0 Å². The smallest absolute Gasteiger partial charge is 0.145 e. The molecule has 0 aliphatic rings. The minimum atomic E-state index is 0.0715. The Hall–Kier alpha value is -4.80. The molecule has 5 aromatic carbocycles. The highest BCUT2D eigenvalue weighted by Crippen LogP contribution is 2.39. The van der Waals surface area contributed by atoms with E-state index >= 15 is 0 Å². The number of likely N-dealkylation sites (N-methyl/N-ethyl adjacent to an activating group) is 1. The molecule has 39 heavy (non-hydrogen) atoms. The van der Waals surface area contributed by atoms with Crippen LogP contribution in [0.15, 0.2) is 132 Å². The zero-order valence-electron chi connectivity index (χ0n) is 21.8. The van der Waals surface area contributed by atoms with Crippen LogP contribution in [0.25, 0.3) is 49.4 Å². The molecular weight excluding hydrogens is 478 g/mol. The fourth-order valence-corrected chi connectivity index (χ4v) is 5.70. The van der Waals surface area contributed by atoms with Gasteiger partial charge in [-0.2, -0.15) is 0 Å². The van der Waals surface area contributed by atoms with E-state index in [1.54, 1.807) is 0 Å². The molecule has 1 atom stereocenters. The third-order valence-corrected chi connectivity index (χ3v) is 7.60. The Balaban J connectivity index is 1.35. The van der Waals surface area contributed by atoms with Crippen LogP contribution in [0.1, 0.15) is 17.2 Å². The maximum absolute atomic E-state index is 6.44. The zero-order valence-corrected chi connectivity index (χ0v) is 21.8. The Morgan fingerprint density at radius 1 is 0.718 bits per heavy atom. The average Bonchev–Trinajstić information content (AvgIpc) is 3.54. The van der Waals surface area contributed by atoms with Crippen molar-refractivity contribution in [1.82, 2.24) is 15.2 Å². The Labute approximate surface area is 227 Å². The molecule has 4 heteroatoms. The molecule has 7 rings (SSSR count). The van der Waals surface area contributed by atoms with Gasteiger partial charge in [0.1, 0.15) is 11.2 Å². The second-order valence-electron chi connectivity index (χ2n) is 9.84. The minimum absolute atomic E-state index is 0.0715. The van der Waals surface area contributed by atoms with Crippen LogP contribution in [0.2, 0.25) is 0 Å². The van der Waals surface area contributed by atoms with Crippen LogP contribution in [0.4, 0.5) is 0 Å². The number of nitrogens with zero attached hydrogens (tertiary/aromatic N) is 1. The molecule has 4 nitrogen and oxygen atoms in total. The van der Waals surface area contributed by atoms with Gasteiger partial charge >= 0.3 is 0 Å². The summed E-state index contributed by atoms with van der Waals surface area (Å²) in [5.41, 5.74) is 7.64. The number of fused-ring (bicyclic) bond motifs is 7. The predicted octanol–water partition coefficient (Wildman–Crippen LogP) is 8.24. The highest BCUT2D eigenvalue weighted by atomic mass is 16.3. The maximum atomic E-state index is 6.44. The van der Waals surface area contributed by atoms with E-state index in [1.165, 1.54) is 16.5 Å². The predicted molar refractivity (Wildman–Crippen MR) is 163 cm³/mol. The number of para-hydroxylation sites is 2. The van der Waals surface area contributed by atoms with Crippen LogP contribution in [-0.2, 0) is 6.67 Å². The van der Waals surface area contributed by atoms with E-state index in [0.717, 1.165) is 44.1 Å². The summed E-state index contributed by atoms with van der Waals surface area (Å²) in [6.07, 6.45) is 2.27. The van der Waals surface area contributed by atoms with Crippen LogP contribution in [0, 0.1) is 0 Å². The lowest BCUT2D eigenvalue weighted by Crippen LogP contribution is -2.20. The zero-order chi connectivity index (χ0) is 26.2. The third-order valence-electron chi connectivity index (χ3n) is 7.60. The molecule has 0 spiro atoms. The molecule has 1 unspecified atom stereocenters. The number of hydrogen-bond acceptors (Lipinski definition) is 3. The van der Waals surface area contributed by atoms with Crippen molar-refractivity contribution in [3.05, 3.63) is 139 Å². The Morgan fingerprint density at radius 2 is 1.41 bits per heavy atom. The van der Waals surface area contributed by atoms with Gasteiger partial charge in [0.25, 0.3) is 0 Å². The van der Waals surface area contributed by atoms with Gasteiger partial charge in [-0.3, -0.25) is 0 Å². The molecule has 2 aromatic heterocycles. The molecule has 0 saturated heterocycles. The number of rotatable bonds is 7. The van der Waals surface area contributed by atoms with Gasteiger partial charge in [-0.1, -0.05) is 97.1 Å². The van der Waals surface area contributed by atoms with Crippen LogP contribution >= 0.6 is 0 Å². The largest absolute Gasteiger partial charge is 0.455 e. The highest BCUT2D eigenvalue weighted by molar-refractivity contribution is 6.23. The van der Waals surface area contributed by atoms with Gasteiger partial charge in [0.15, 0.2) is 0 Å². The number of aromatic nitrogens is 1. The van der Waals surface area contributed by atoms with Gasteiger partial charge in [-0.25, -0.2) is 0 Å². The molecule has 0 radical (unpaired) electrons. The summed E-state index contributed by atoms with van der Waals surface area (Å²) >= 11 is 0. The first-order valence-electron chi connectivity index (χ1n) is 13.4. The lowest BCUT2D eigenvalue weighted by Gasteiger charge is -2.18. The van der Waals surface area contributed by atoms with Gasteiger partial charge in [0.05, 0.1) is 29.1 Å². The molecule has 0 bridgehead atoms. The summed E-state index contributed by atoms with van der Waals surface area (Å²) in [5.74, 6) is 0. The van der Waals surface area contributed by atoms with Crippen molar-refractivity contribution in [2.75, 3.05) is 7.05 Å². The van der Waals surface area contributed by atoms with Gasteiger partial charge in [-0.05, 0) is 48.5 Å². The summed E-state index contributed by atoms with van der Waals surface area (Å²) in [7, 11) is 2.00. The lowest BCUT2D eigenvalue weighted by molar-refractivity contribution is 0.671. The lowest BCUT2D eigenvalue weighted by atomic mass is 10.0. The van der Waals surface area contributed by atoms with Crippen molar-refractivity contribution in [1.29, 1.82) is 0 Å². The van der Waals surface area contributed by atoms with E-state index in [0.29, 0.717) is 6.67 Å². The number of benzene rings is 5. The van der Waals surface area contributed by atoms with Crippen molar-refractivity contribution in [3.8, 4) is 0 Å². The highest BCUT2D eigenvalue weighted by Gasteiger charge is 2.18. The molecule has 7 aromatic rings. The van der Waals surface area contributed by atoms with E-state index in [1.807, 2.05) is 19.2 Å². The monoisotopic (exact) mass is 507 g/mol. The second kappa shape index (κ2) is 9.82. The number of hydrogen-bond donors (Lipinski definition) is 2. The molecule has 0 saturated carbocycles. The summed E-state index contributed by atoms with van der Waals surface area (Å²) in [6.45, 7) is 0.613. The van der Waals surface area contributed by atoms with Crippen molar-refractivity contribution < 1.29 is 4.42 Å². The second-order valence-corrected chi connectivity index (χ2v) is 9.84. The summed E-state index contributed by atoms with van der Waals surface area (Å²) in [6, 6.07) is 42.4. The first-order chi connectivity index (χ1) is 19.3. The van der Waals surface area contributed by atoms with E-state index < -0.39 is 0 Å². The van der Waals surface area contributed by atoms with Crippen molar-refractivity contribution in [2.24, 2.45) is 0 Å². The van der Waals surface area contributed by atoms with E-state index in [9.17, 15) is 0 Å².